The van der Waals surface area contributed by atoms with Crippen molar-refractivity contribution < 1.29 is 4.79 Å². The molecule has 20 heavy (non-hydrogen) atoms. The molecule has 0 saturated heterocycles. The van der Waals surface area contributed by atoms with E-state index < -0.39 is 0 Å². The zero-order valence-corrected chi connectivity index (χ0v) is 14.2. The average Bonchev–Trinajstić information content (AvgIpc) is 2.94. The average molecular weight is 358 g/mol. The zero-order chi connectivity index (χ0) is 14.6. The highest BCUT2D eigenvalue weighted by molar-refractivity contribution is 9.10. The predicted octanol–water partition coefficient (Wildman–Crippen LogP) is 3.29. The Morgan fingerprint density at radius 2 is 2.20 bits per heavy atom. The van der Waals surface area contributed by atoms with Crippen LogP contribution in [0.4, 0.5) is 5.82 Å². The molecule has 6 heteroatoms. The molecule has 2 N–H and O–H groups in total. The van der Waals surface area contributed by atoms with E-state index in [0.717, 1.165) is 11.0 Å². The number of halogens is 1. The molecule has 0 bridgehead atoms. The number of pyridine rings is 1. The van der Waals surface area contributed by atoms with Gasteiger partial charge in [0.1, 0.15) is 5.82 Å². The van der Waals surface area contributed by atoms with Crippen LogP contribution >= 0.6 is 27.7 Å². The summed E-state index contributed by atoms with van der Waals surface area (Å²) in [5.74, 6) is 0.541. The van der Waals surface area contributed by atoms with Gasteiger partial charge in [0.15, 0.2) is 0 Å². The third-order valence-electron chi connectivity index (χ3n) is 3.85. The molecule has 1 aliphatic carbocycles. The monoisotopic (exact) mass is 357 g/mol. The molecule has 1 fully saturated rings. The topological polar surface area (TPSA) is 54.0 Å². The minimum Gasteiger partial charge on any atom is -0.372 e. The first-order chi connectivity index (χ1) is 9.60. The van der Waals surface area contributed by atoms with Crippen LogP contribution < -0.4 is 10.6 Å². The van der Waals surface area contributed by atoms with Crippen molar-refractivity contribution in [1.82, 2.24) is 10.3 Å². The zero-order valence-electron chi connectivity index (χ0n) is 11.8. The molecule has 0 radical (unpaired) electrons. The summed E-state index contributed by atoms with van der Waals surface area (Å²) >= 11 is 5.24. The molecule has 0 spiro atoms. The van der Waals surface area contributed by atoms with Gasteiger partial charge in [0.2, 0.25) is 0 Å². The van der Waals surface area contributed by atoms with Gasteiger partial charge < -0.3 is 10.6 Å². The van der Waals surface area contributed by atoms with Crippen LogP contribution in [0.5, 0.6) is 0 Å². The highest BCUT2D eigenvalue weighted by Crippen LogP contribution is 2.39. The van der Waals surface area contributed by atoms with Gasteiger partial charge in [-0.1, -0.05) is 12.8 Å². The van der Waals surface area contributed by atoms with Crippen molar-refractivity contribution in [3.05, 3.63) is 22.3 Å². The number of carbonyl (C=O) groups excluding carboxylic acids is 1. The number of aromatic nitrogens is 1. The second-order valence-electron chi connectivity index (χ2n) is 5.08. The van der Waals surface area contributed by atoms with Crippen LogP contribution in [0.3, 0.4) is 0 Å². The van der Waals surface area contributed by atoms with E-state index in [9.17, 15) is 4.79 Å². The fourth-order valence-corrected chi connectivity index (χ4v) is 3.87. The first-order valence-corrected chi connectivity index (χ1v) is 8.79. The first kappa shape index (κ1) is 15.6. The number of nitrogens with one attached hydrogen (secondary N) is 2. The highest BCUT2D eigenvalue weighted by atomic mass is 79.9. The molecule has 1 saturated carbocycles. The van der Waals surface area contributed by atoms with E-state index in [1.165, 1.54) is 25.7 Å². The summed E-state index contributed by atoms with van der Waals surface area (Å²) in [5.41, 5.74) is 0.580. The Morgan fingerprint density at radius 1 is 1.50 bits per heavy atom. The Kier molecular flexibility index (Phi) is 5.32. The maximum absolute atomic E-state index is 12.4. The molecule has 1 heterocycles. The van der Waals surface area contributed by atoms with Gasteiger partial charge in [-0.3, -0.25) is 4.79 Å². The third kappa shape index (κ3) is 3.47. The number of hydrogen-bond donors (Lipinski definition) is 2. The molecule has 1 aliphatic rings. The molecule has 1 aromatic rings. The van der Waals surface area contributed by atoms with Gasteiger partial charge in [-0.15, -0.1) is 0 Å². The lowest BCUT2D eigenvalue weighted by atomic mass is 10.1. The van der Waals surface area contributed by atoms with E-state index in [1.807, 2.05) is 11.8 Å². The van der Waals surface area contributed by atoms with Crippen molar-refractivity contribution in [3.8, 4) is 0 Å². The van der Waals surface area contributed by atoms with Crippen LogP contribution in [-0.4, -0.2) is 35.5 Å². The van der Waals surface area contributed by atoms with Crippen LogP contribution in [0.1, 0.15) is 36.0 Å². The van der Waals surface area contributed by atoms with Crippen molar-refractivity contribution in [2.45, 2.75) is 30.4 Å². The maximum Gasteiger partial charge on any atom is 0.255 e. The number of hydrogen-bond acceptors (Lipinski definition) is 4. The molecule has 0 aromatic carbocycles. The van der Waals surface area contributed by atoms with Gasteiger partial charge >= 0.3 is 0 Å². The summed E-state index contributed by atoms with van der Waals surface area (Å²) in [6, 6.07) is 1.80. The van der Waals surface area contributed by atoms with Gasteiger partial charge in [-0.25, -0.2) is 4.98 Å². The van der Waals surface area contributed by atoms with E-state index in [2.05, 4.69) is 37.8 Å². The molecule has 0 aliphatic heterocycles. The van der Waals surface area contributed by atoms with Crippen molar-refractivity contribution in [2.24, 2.45) is 0 Å². The van der Waals surface area contributed by atoms with E-state index in [1.54, 1.807) is 19.3 Å². The Morgan fingerprint density at radius 3 is 2.80 bits per heavy atom. The van der Waals surface area contributed by atoms with E-state index in [-0.39, 0.29) is 10.7 Å². The predicted molar refractivity (Wildman–Crippen MR) is 88.5 cm³/mol. The van der Waals surface area contributed by atoms with E-state index in [0.29, 0.717) is 11.4 Å². The van der Waals surface area contributed by atoms with Crippen LogP contribution in [0.15, 0.2) is 16.7 Å². The van der Waals surface area contributed by atoms with Crippen molar-refractivity contribution >= 4 is 39.4 Å². The van der Waals surface area contributed by atoms with Gasteiger partial charge in [0, 0.05) is 29.0 Å². The van der Waals surface area contributed by atoms with Gasteiger partial charge in [0.05, 0.1) is 5.56 Å². The lowest BCUT2D eigenvalue weighted by Crippen LogP contribution is -2.38. The quantitative estimate of drug-likeness (QED) is 0.848. The van der Waals surface area contributed by atoms with Gasteiger partial charge in [-0.05, 0) is 41.1 Å². The second kappa shape index (κ2) is 6.80. The van der Waals surface area contributed by atoms with Crippen LogP contribution in [-0.2, 0) is 0 Å². The Hall–Kier alpha value is -0.750. The smallest absolute Gasteiger partial charge is 0.255 e. The summed E-state index contributed by atoms with van der Waals surface area (Å²) < 4.78 is 1.02. The van der Waals surface area contributed by atoms with Gasteiger partial charge in [0.25, 0.3) is 5.91 Å². The number of rotatable bonds is 5. The molecule has 110 valence electrons. The van der Waals surface area contributed by atoms with E-state index in [4.69, 9.17) is 0 Å². The summed E-state index contributed by atoms with van der Waals surface area (Å²) in [6.07, 6.45) is 8.71. The SMILES string of the molecule is CNc1ncc(Br)cc1C(=O)NCC1(SC)CCCC1. The molecular weight excluding hydrogens is 338 g/mol. The fraction of sp³-hybridized carbons (Fsp3) is 0.571. The number of carbonyl (C=O) groups is 1. The molecule has 1 aromatic heterocycles. The lowest BCUT2D eigenvalue weighted by Gasteiger charge is -2.27. The largest absolute Gasteiger partial charge is 0.372 e. The minimum atomic E-state index is -0.0662. The van der Waals surface area contributed by atoms with Crippen molar-refractivity contribution in [2.75, 3.05) is 25.2 Å². The number of anilines is 1. The maximum atomic E-state index is 12.4. The summed E-state index contributed by atoms with van der Waals surface area (Å²) in [4.78, 5) is 16.6. The van der Waals surface area contributed by atoms with Crippen LogP contribution in [0.25, 0.3) is 0 Å². The Bertz CT molecular complexity index is 489. The van der Waals surface area contributed by atoms with Gasteiger partial charge in [-0.2, -0.15) is 11.8 Å². The van der Waals surface area contributed by atoms with E-state index >= 15 is 0 Å². The molecular formula is C14H20BrN3OS. The normalized spacial score (nSPS) is 16.9. The number of nitrogens with zero attached hydrogens (tertiary/aromatic N) is 1. The molecule has 1 amide bonds. The lowest BCUT2D eigenvalue weighted by molar-refractivity contribution is 0.0950. The number of thioether (sulfide) groups is 1. The molecule has 2 rings (SSSR count). The first-order valence-electron chi connectivity index (χ1n) is 6.77. The Labute approximate surface area is 132 Å². The highest BCUT2D eigenvalue weighted by Gasteiger charge is 2.33. The second-order valence-corrected chi connectivity index (χ2v) is 7.27. The molecule has 0 atom stereocenters. The molecule has 0 unspecified atom stereocenters. The summed E-state index contributed by atoms with van der Waals surface area (Å²) in [6.45, 7) is 0.725. The Balaban J connectivity index is 2.06. The van der Waals surface area contributed by atoms with Crippen molar-refractivity contribution in [3.63, 3.8) is 0 Å². The molecule has 4 nitrogen and oxygen atoms in total. The van der Waals surface area contributed by atoms with Crippen LogP contribution in [0.2, 0.25) is 0 Å². The standard InChI is InChI=1S/C14H20BrN3OS/c1-16-12-11(7-10(15)8-17-12)13(19)18-9-14(20-2)5-3-4-6-14/h7-8H,3-6,9H2,1-2H3,(H,16,17)(H,18,19). The number of amides is 1. The summed E-state index contributed by atoms with van der Waals surface area (Å²) in [5, 5.41) is 6.03. The fourth-order valence-electron chi connectivity index (χ4n) is 2.62. The van der Waals surface area contributed by atoms with Crippen LogP contribution in [0, 0.1) is 0 Å². The third-order valence-corrected chi connectivity index (χ3v) is 5.71. The summed E-state index contributed by atoms with van der Waals surface area (Å²) in [7, 11) is 1.77. The van der Waals surface area contributed by atoms with Crippen molar-refractivity contribution in [1.29, 1.82) is 0 Å². The minimum absolute atomic E-state index is 0.0662.